The van der Waals surface area contributed by atoms with E-state index in [0.717, 1.165) is 0 Å². The van der Waals surface area contributed by atoms with Gasteiger partial charge in [0.05, 0.1) is 0 Å². The minimum atomic E-state index is -0.0760. The van der Waals surface area contributed by atoms with E-state index in [1.54, 1.807) is 39.8 Å². The molecule has 0 bridgehead atoms. The highest BCUT2D eigenvalue weighted by molar-refractivity contribution is 5.81. The summed E-state index contributed by atoms with van der Waals surface area (Å²) >= 11 is 0. The number of benzene rings is 2. The summed E-state index contributed by atoms with van der Waals surface area (Å²) in [7, 11) is 0. The molecule has 0 aliphatic carbocycles. The molecular formula is C16H18O4. The summed E-state index contributed by atoms with van der Waals surface area (Å²) < 4.78 is 0. The van der Waals surface area contributed by atoms with Crippen LogP contribution in [0.4, 0.5) is 0 Å². The second-order valence-corrected chi connectivity index (χ2v) is 5.13. The summed E-state index contributed by atoms with van der Waals surface area (Å²) in [5.74, 6) is -0.0725. The Morgan fingerprint density at radius 3 is 1.15 bits per heavy atom. The molecule has 4 N–H and O–H groups in total. The van der Waals surface area contributed by atoms with Crippen LogP contribution in [0.5, 0.6) is 23.0 Å². The highest BCUT2D eigenvalue weighted by Gasteiger charge is 2.19. The summed E-state index contributed by atoms with van der Waals surface area (Å²) in [6, 6.07) is 3.23. The topological polar surface area (TPSA) is 80.9 Å². The van der Waals surface area contributed by atoms with Crippen LogP contribution in [0.25, 0.3) is 11.1 Å². The van der Waals surface area contributed by atoms with Crippen LogP contribution in [0.1, 0.15) is 22.3 Å². The molecule has 0 atom stereocenters. The number of phenolic OH excluding ortho intramolecular Hbond substituents is 4. The van der Waals surface area contributed by atoms with Crippen molar-refractivity contribution in [3.8, 4) is 34.1 Å². The Labute approximate surface area is 117 Å². The molecule has 106 valence electrons. The van der Waals surface area contributed by atoms with Gasteiger partial charge in [-0.15, -0.1) is 0 Å². The Hall–Kier alpha value is -2.36. The van der Waals surface area contributed by atoms with Crippen molar-refractivity contribution < 1.29 is 20.4 Å². The van der Waals surface area contributed by atoms with Crippen molar-refractivity contribution in [2.75, 3.05) is 0 Å². The Balaban J connectivity index is 2.83. The molecule has 0 spiro atoms. The van der Waals surface area contributed by atoms with E-state index in [4.69, 9.17) is 0 Å². The number of aromatic hydroxyl groups is 4. The molecule has 0 aliphatic rings. The van der Waals surface area contributed by atoms with E-state index in [0.29, 0.717) is 33.4 Å². The van der Waals surface area contributed by atoms with Crippen molar-refractivity contribution in [1.29, 1.82) is 0 Å². The minimum absolute atomic E-state index is 0.0398. The van der Waals surface area contributed by atoms with Gasteiger partial charge >= 0.3 is 0 Å². The molecule has 2 aromatic rings. The average Bonchev–Trinajstić information content (AvgIpc) is 2.42. The van der Waals surface area contributed by atoms with Crippen molar-refractivity contribution in [1.82, 2.24) is 0 Å². The SMILES string of the molecule is Cc1cc(-c2cc(C)c(O)c(C)c2O)c(O)c(C)c1O. The Morgan fingerprint density at radius 1 is 0.550 bits per heavy atom. The van der Waals surface area contributed by atoms with Gasteiger partial charge in [0.2, 0.25) is 0 Å². The monoisotopic (exact) mass is 274 g/mol. The predicted molar refractivity (Wildman–Crippen MR) is 77.5 cm³/mol. The zero-order chi connectivity index (χ0) is 15.2. The molecule has 0 unspecified atom stereocenters. The first kappa shape index (κ1) is 14.1. The molecule has 0 saturated heterocycles. The second-order valence-electron chi connectivity index (χ2n) is 5.13. The molecule has 20 heavy (non-hydrogen) atoms. The van der Waals surface area contributed by atoms with Gasteiger partial charge in [-0.05, 0) is 51.0 Å². The maximum absolute atomic E-state index is 10.2. The molecular weight excluding hydrogens is 256 g/mol. The average molecular weight is 274 g/mol. The Kier molecular flexibility index (Phi) is 3.26. The van der Waals surface area contributed by atoms with Gasteiger partial charge in [-0.3, -0.25) is 0 Å². The van der Waals surface area contributed by atoms with Crippen molar-refractivity contribution in [2.45, 2.75) is 27.7 Å². The lowest BCUT2D eigenvalue weighted by Gasteiger charge is -2.15. The van der Waals surface area contributed by atoms with Gasteiger partial charge in [-0.2, -0.15) is 0 Å². The molecule has 0 aliphatic heterocycles. The molecule has 0 saturated carbocycles. The third-order valence-electron chi connectivity index (χ3n) is 3.69. The summed E-state index contributed by atoms with van der Waals surface area (Å²) in [6.45, 7) is 6.67. The highest BCUT2D eigenvalue weighted by Crippen LogP contribution is 2.45. The third-order valence-corrected chi connectivity index (χ3v) is 3.69. The summed E-state index contributed by atoms with van der Waals surface area (Å²) in [6.07, 6.45) is 0. The van der Waals surface area contributed by atoms with E-state index < -0.39 is 0 Å². The summed E-state index contributed by atoms with van der Waals surface area (Å²) in [5.41, 5.74) is 2.81. The lowest BCUT2D eigenvalue weighted by Crippen LogP contribution is -1.91. The second kappa shape index (κ2) is 4.63. The van der Waals surface area contributed by atoms with E-state index in [2.05, 4.69) is 0 Å². The molecule has 0 fully saturated rings. The largest absolute Gasteiger partial charge is 0.507 e. The number of phenols is 4. The van der Waals surface area contributed by atoms with Gasteiger partial charge in [0, 0.05) is 22.3 Å². The molecule has 2 aromatic carbocycles. The van der Waals surface area contributed by atoms with Crippen LogP contribution in [-0.4, -0.2) is 20.4 Å². The van der Waals surface area contributed by atoms with Crippen molar-refractivity contribution >= 4 is 0 Å². The molecule has 4 nitrogen and oxygen atoms in total. The fourth-order valence-corrected chi connectivity index (χ4v) is 2.34. The maximum atomic E-state index is 10.2. The maximum Gasteiger partial charge on any atom is 0.130 e. The molecule has 2 rings (SSSR count). The van der Waals surface area contributed by atoms with Crippen LogP contribution in [0.15, 0.2) is 12.1 Å². The lowest BCUT2D eigenvalue weighted by molar-refractivity contribution is 0.436. The van der Waals surface area contributed by atoms with E-state index in [9.17, 15) is 20.4 Å². The van der Waals surface area contributed by atoms with Gasteiger partial charge in [0.25, 0.3) is 0 Å². The molecule has 0 aromatic heterocycles. The van der Waals surface area contributed by atoms with Crippen LogP contribution >= 0.6 is 0 Å². The van der Waals surface area contributed by atoms with Crippen LogP contribution in [-0.2, 0) is 0 Å². The molecule has 0 heterocycles. The first-order valence-electron chi connectivity index (χ1n) is 6.30. The lowest BCUT2D eigenvalue weighted by atomic mass is 9.94. The van der Waals surface area contributed by atoms with Gasteiger partial charge in [-0.1, -0.05) is 0 Å². The zero-order valence-electron chi connectivity index (χ0n) is 11.9. The van der Waals surface area contributed by atoms with Gasteiger partial charge in [-0.25, -0.2) is 0 Å². The molecule has 4 heteroatoms. The first-order chi connectivity index (χ1) is 9.25. The molecule has 0 amide bonds. The van der Waals surface area contributed by atoms with Gasteiger partial charge < -0.3 is 20.4 Å². The van der Waals surface area contributed by atoms with Crippen LogP contribution in [0.2, 0.25) is 0 Å². The fraction of sp³-hybridized carbons (Fsp3) is 0.250. The minimum Gasteiger partial charge on any atom is -0.507 e. The first-order valence-corrected chi connectivity index (χ1v) is 6.30. The van der Waals surface area contributed by atoms with Crippen molar-refractivity contribution in [3.63, 3.8) is 0 Å². The fourth-order valence-electron chi connectivity index (χ4n) is 2.34. The summed E-state index contributed by atoms with van der Waals surface area (Å²) in [5, 5.41) is 40.0. The van der Waals surface area contributed by atoms with Crippen LogP contribution < -0.4 is 0 Å². The summed E-state index contributed by atoms with van der Waals surface area (Å²) in [4.78, 5) is 0. The van der Waals surface area contributed by atoms with E-state index in [1.807, 2.05) is 0 Å². The Morgan fingerprint density at radius 2 is 0.850 bits per heavy atom. The van der Waals surface area contributed by atoms with Crippen molar-refractivity contribution in [2.24, 2.45) is 0 Å². The standard InChI is InChI=1S/C16H18O4/c1-7-5-11(15(19)9(3)13(7)17)12-6-8(2)14(18)10(4)16(12)20/h5-6,17-20H,1-4H3. The van der Waals surface area contributed by atoms with Crippen molar-refractivity contribution in [3.05, 3.63) is 34.4 Å². The number of aryl methyl sites for hydroxylation is 2. The van der Waals surface area contributed by atoms with Gasteiger partial charge in [0.1, 0.15) is 23.0 Å². The normalized spacial score (nSPS) is 10.8. The number of rotatable bonds is 1. The number of hydrogen-bond donors (Lipinski definition) is 4. The number of hydrogen-bond acceptors (Lipinski definition) is 4. The van der Waals surface area contributed by atoms with Crippen LogP contribution in [0, 0.1) is 27.7 Å². The van der Waals surface area contributed by atoms with Crippen LogP contribution in [0.3, 0.4) is 0 Å². The van der Waals surface area contributed by atoms with E-state index in [-0.39, 0.29) is 23.0 Å². The third kappa shape index (κ3) is 1.93. The predicted octanol–water partition coefficient (Wildman–Crippen LogP) is 3.41. The Bertz CT molecular complexity index is 641. The quantitative estimate of drug-likeness (QED) is 0.642. The molecule has 0 radical (unpaired) electrons. The highest BCUT2D eigenvalue weighted by atomic mass is 16.3. The van der Waals surface area contributed by atoms with E-state index in [1.165, 1.54) is 0 Å². The smallest absolute Gasteiger partial charge is 0.130 e. The van der Waals surface area contributed by atoms with E-state index >= 15 is 0 Å². The van der Waals surface area contributed by atoms with Gasteiger partial charge in [0.15, 0.2) is 0 Å². The zero-order valence-corrected chi connectivity index (χ0v) is 11.9.